The summed E-state index contributed by atoms with van der Waals surface area (Å²) in [6.45, 7) is 13.6. The number of benzene rings is 7. The minimum Gasteiger partial charge on any atom is -0.440 e. The summed E-state index contributed by atoms with van der Waals surface area (Å²) in [5.41, 5.74) is 18.7. The van der Waals surface area contributed by atoms with E-state index in [0.717, 1.165) is 45.5 Å². The van der Waals surface area contributed by atoms with Crippen LogP contribution in [-0.2, 0) is 10.8 Å². The Balaban J connectivity index is 1.17. The molecule has 298 valence electrons. The number of hydrogen-bond donors (Lipinski definition) is 0. The molecule has 0 saturated heterocycles. The normalized spacial score (nSPS) is 14.3. The maximum absolute atomic E-state index is 7.25. The van der Waals surface area contributed by atoms with Crippen LogP contribution in [0.25, 0.3) is 0 Å². The Hall–Kier alpha value is -6.98. The minimum absolute atomic E-state index is 0.0817. The molecule has 0 atom stereocenters. The van der Waals surface area contributed by atoms with E-state index in [1.54, 1.807) is 0 Å². The summed E-state index contributed by atoms with van der Waals surface area (Å²) in [4.78, 5) is 13.1. The maximum atomic E-state index is 7.25. The van der Waals surface area contributed by atoms with Crippen molar-refractivity contribution in [3.63, 3.8) is 0 Å². The van der Waals surface area contributed by atoms with Gasteiger partial charge in [0, 0.05) is 45.5 Å². The number of ether oxygens (including phenoxy) is 1. The van der Waals surface area contributed by atoms with Gasteiger partial charge in [0.25, 0.3) is 13.4 Å². The third-order valence-electron chi connectivity index (χ3n) is 13.4. The van der Waals surface area contributed by atoms with Crippen LogP contribution in [0.4, 0.5) is 51.3 Å². The molecule has 0 spiro atoms. The van der Waals surface area contributed by atoms with Crippen LogP contribution in [0.15, 0.2) is 170 Å². The predicted octanol–water partition coefficient (Wildman–Crippen LogP) is 10.2. The van der Waals surface area contributed by atoms with Gasteiger partial charge >= 0.3 is 0 Å². The fourth-order valence-corrected chi connectivity index (χ4v) is 10.4. The van der Waals surface area contributed by atoms with E-state index in [2.05, 4.69) is 226 Å². The molecule has 5 nitrogen and oxygen atoms in total. The quantitative estimate of drug-likeness (QED) is 0.166. The van der Waals surface area contributed by atoms with Crippen molar-refractivity contribution >= 4 is 97.5 Å². The highest BCUT2D eigenvalue weighted by molar-refractivity contribution is 7.02. The molecule has 0 radical (unpaired) electrons. The number of rotatable bonds is 3. The minimum atomic E-state index is -0.121. The SMILES string of the molecule is CC(C)(C)c1cc2c3c(c1)N(c1ccccc1)c1ccccc1B3c1cc3c(nc1O2)N(c1ccccc1)c1cc(C(C)(C)C)cc2c1B3c1ccccc1N2c1ccccc1. The Morgan fingerprint density at radius 1 is 0.403 bits per heavy atom. The average Bonchev–Trinajstić information content (AvgIpc) is 3.28. The highest BCUT2D eigenvalue weighted by atomic mass is 16.5. The zero-order valence-corrected chi connectivity index (χ0v) is 36.0. The van der Waals surface area contributed by atoms with Crippen molar-refractivity contribution in [3.8, 4) is 11.6 Å². The molecule has 0 fully saturated rings. The van der Waals surface area contributed by atoms with Crippen molar-refractivity contribution < 1.29 is 4.74 Å². The van der Waals surface area contributed by atoms with E-state index in [-0.39, 0.29) is 24.3 Å². The molecule has 0 unspecified atom stereocenters. The fourth-order valence-electron chi connectivity index (χ4n) is 10.4. The maximum Gasteiger partial charge on any atom is 0.258 e. The van der Waals surface area contributed by atoms with Gasteiger partial charge in [-0.2, -0.15) is 4.98 Å². The van der Waals surface area contributed by atoms with Crippen LogP contribution in [0, 0.1) is 0 Å². The van der Waals surface area contributed by atoms with Crippen molar-refractivity contribution in [2.45, 2.75) is 52.4 Å². The van der Waals surface area contributed by atoms with Crippen LogP contribution in [0.3, 0.4) is 0 Å². The second-order valence-electron chi connectivity index (χ2n) is 19.2. The molecule has 0 N–H and O–H groups in total. The van der Waals surface area contributed by atoms with E-state index >= 15 is 0 Å². The van der Waals surface area contributed by atoms with Crippen molar-refractivity contribution in [2.75, 3.05) is 14.7 Å². The van der Waals surface area contributed by atoms with E-state index in [9.17, 15) is 0 Å². The standard InChI is InChI=1S/C55H46B2N4O/c1-54(2,3)35-30-46-50-47(31-35)61(39-24-14-9-15-25-39)52-42(56(50)40-26-16-18-28-44(40)59(46)37-20-10-7-11-21-37)34-43-53(58-52)62-49-33-36(55(4,5)6)32-48-51(49)57(43)41-27-17-19-29-45(41)60(48)38-22-12-8-13-23-38/h7-34H,1-6H3. The molecule has 0 saturated carbocycles. The third kappa shape index (κ3) is 5.40. The summed E-state index contributed by atoms with van der Waals surface area (Å²) < 4.78 is 7.25. The third-order valence-corrected chi connectivity index (χ3v) is 13.4. The van der Waals surface area contributed by atoms with Crippen LogP contribution in [0.2, 0.25) is 0 Å². The summed E-state index contributed by atoms with van der Waals surface area (Å²) in [7, 11) is 0. The fraction of sp³-hybridized carbons (Fsp3) is 0.145. The number of para-hydroxylation sites is 5. The van der Waals surface area contributed by atoms with Crippen LogP contribution >= 0.6 is 0 Å². The van der Waals surface area contributed by atoms with Gasteiger partial charge in [-0.15, -0.1) is 0 Å². The lowest BCUT2D eigenvalue weighted by Gasteiger charge is -2.45. The van der Waals surface area contributed by atoms with Crippen LogP contribution in [0.1, 0.15) is 52.7 Å². The molecule has 7 aromatic carbocycles. The summed E-state index contributed by atoms with van der Waals surface area (Å²) in [5.74, 6) is 2.43. The molecule has 8 aromatic rings. The van der Waals surface area contributed by atoms with Crippen molar-refractivity contribution in [1.82, 2.24) is 4.98 Å². The molecule has 4 aliphatic rings. The zero-order valence-electron chi connectivity index (χ0n) is 36.0. The summed E-state index contributed by atoms with van der Waals surface area (Å²) >= 11 is 0. The van der Waals surface area contributed by atoms with Crippen LogP contribution in [0.5, 0.6) is 11.6 Å². The second kappa shape index (κ2) is 13.3. The smallest absolute Gasteiger partial charge is 0.258 e. The van der Waals surface area contributed by atoms with E-state index in [4.69, 9.17) is 9.72 Å². The molecule has 62 heavy (non-hydrogen) atoms. The molecule has 7 heteroatoms. The zero-order chi connectivity index (χ0) is 42.1. The van der Waals surface area contributed by atoms with E-state index in [0.29, 0.717) is 5.88 Å². The van der Waals surface area contributed by atoms with E-state index < -0.39 is 0 Å². The van der Waals surface area contributed by atoms with E-state index in [1.165, 1.54) is 55.5 Å². The Kier molecular flexibility index (Phi) is 7.88. The lowest BCUT2D eigenvalue weighted by molar-refractivity contribution is 0.465. The topological polar surface area (TPSA) is 31.8 Å². The lowest BCUT2D eigenvalue weighted by atomic mass is 9.31. The Bertz CT molecular complexity index is 3100. The summed E-state index contributed by atoms with van der Waals surface area (Å²) in [6.07, 6.45) is 0. The van der Waals surface area contributed by atoms with Gasteiger partial charge in [0.15, 0.2) is 0 Å². The van der Waals surface area contributed by atoms with Crippen molar-refractivity contribution in [3.05, 3.63) is 181 Å². The van der Waals surface area contributed by atoms with Crippen molar-refractivity contribution in [1.29, 1.82) is 0 Å². The summed E-state index contributed by atoms with van der Waals surface area (Å²) in [6, 6.07) is 62.3. The number of aromatic nitrogens is 1. The van der Waals surface area contributed by atoms with Gasteiger partial charge in [-0.05, 0) is 128 Å². The molecule has 12 rings (SSSR count). The highest BCUT2D eigenvalue weighted by Gasteiger charge is 2.48. The summed E-state index contributed by atoms with van der Waals surface area (Å²) in [5, 5.41) is 0. The first-order valence-electron chi connectivity index (χ1n) is 21.9. The average molecular weight is 801 g/mol. The number of nitrogens with zero attached hydrogens (tertiary/aromatic N) is 4. The largest absolute Gasteiger partial charge is 0.440 e. The molecule has 4 aliphatic heterocycles. The highest BCUT2D eigenvalue weighted by Crippen LogP contribution is 2.47. The first-order chi connectivity index (χ1) is 30.0. The Morgan fingerprint density at radius 3 is 1.34 bits per heavy atom. The van der Waals surface area contributed by atoms with Crippen molar-refractivity contribution in [2.24, 2.45) is 0 Å². The van der Waals surface area contributed by atoms with Crippen LogP contribution in [-0.4, -0.2) is 18.4 Å². The Morgan fingerprint density at radius 2 is 0.823 bits per heavy atom. The van der Waals surface area contributed by atoms with Gasteiger partial charge in [0.1, 0.15) is 11.6 Å². The van der Waals surface area contributed by atoms with Gasteiger partial charge in [-0.25, -0.2) is 0 Å². The van der Waals surface area contributed by atoms with Gasteiger partial charge in [0.05, 0.1) is 0 Å². The molecule has 0 aliphatic carbocycles. The number of hydrogen-bond acceptors (Lipinski definition) is 5. The molecular formula is C55H46B2N4O. The molecular weight excluding hydrogens is 754 g/mol. The Labute approximate surface area is 365 Å². The monoisotopic (exact) mass is 800 g/mol. The lowest BCUT2D eigenvalue weighted by Crippen LogP contribution is -2.64. The van der Waals surface area contributed by atoms with Crippen LogP contribution < -0.4 is 52.2 Å². The number of pyridine rings is 1. The van der Waals surface area contributed by atoms with Gasteiger partial charge < -0.3 is 14.5 Å². The molecule has 5 heterocycles. The molecule has 0 amide bonds. The molecule has 0 bridgehead atoms. The van der Waals surface area contributed by atoms with Gasteiger partial charge in [-0.1, -0.05) is 139 Å². The van der Waals surface area contributed by atoms with Gasteiger partial charge in [-0.3, -0.25) is 4.90 Å². The predicted molar refractivity (Wildman–Crippen MR) is 262 cm³/mol. The first kappa shape index (κ1) is 36.8. The second-order valence-corrected chi connectivity index (χ2v) is 19.2. The number of fused-ring (bicyclic) bond motifs is 8. The number of anilines is 9. The van der Waals surface area contributed by atoms with Gasteiger partial charge in [0.2, 0.25) is 5.88 Å². The molecule has 1 aromatic heterocycles. The first-order valence-corrected chi connectivity index (χ1v) is 21.9. The van der Waals surface area contributed by atoms with E-state index in [1.807, 2.05) is 0 Å².